The van der Waals surface area contributed by atoms with E-state index in [-0.39, 0.29) is 12.0 Å². The van der Waals surface area contributed by atoms with Crippen LogP contribution in [0.5, 0.6) is 0 Å². The van der Waals surface area contributed by atoms with Crippen molar-refractivity contribution < 1.29 is 9.53 Å². The molecule has 2 unspecified atom stereocenters. The van der Waals surface area contributed by atoms with Crippen LogP contribution >= 0.6 is 0 Å². The lowest BCUT2D eigenvalue weighted by molar-refractivity contribution is -0.130. The number of ether oxygens (including phenoxy) is 1. The van der Waals surface area contributed by atoms with Gasteiger partial charge in [0, 0.05) is 31.1 Å². The predicted molar refractivity (Wildman–Crippen MR) is 76.5 cm³/mol. The van der Waals surface area contributed by atoms with Crippen molar-refractivity contribution in [2.24, 2.45) is 5.10 Å². The third-order valence-electron chi connectivity index (χ3n) is 3.67. The second-order valence-corrected chi connectivity index (χ2v) is 5.03. The third-order valence-corrected chi connectivity index (χ3v) is 3.67. The van der Waals surface area contributed by atoms with Crippen LogP contribution in [0.2, 0.25) is 0 Å². The molecule has 0 aliphatic carbocycles. The molecule has 1 aromatic rings. The number of morpholine rings is 1. The summed E-state index contributed by atoms with van der Waals surface area (Å²) in [5.74, 6) is -0.252. The maximum absolute atomic E-state index is 11.8. The van der Waals surface area contributed by atoms with Gasteiger partial charge in [-0.1, -0.05) is 24.3 Å². The summed E-state index contributed by atoms with van der Waals surface area (Å²) in [6.07, 6.45) is -0.207. The Balaban J connectivity index is 2.08. The number of benzene rings is 1. The Hall–Kier alpha value is -2.23. The zero-order valence-electron chi connectivity index (χ0n) is 11.7. The monoisotopic (exact) mass is 284 g/mol. The van der Waals surface area contributed by atoms with E-state index in [0.717, 1.165) is 17.7 Å². The molecule has 2 atom stereocenters. The lowest BCUT2D eigenvalue weighted by atomic mass is 9.92. The summed E-state index contributed by atoms with van der Waals surface area (Å²) in [6.45, 7) is 3.48. The van der Waals surface area contributed by atoms with Gasteiger partial charge >= 0.3 is 0 Å². The zero-order chi connectivity index (χ0) is 14.8. The Labute approximate surface area is 123 Å². The topological polar surface area (TPSA) is 77.7 Å². The fourth-order valence-corrected chi connectivity index (χ4v) is 2.68. The number of fused-ring (bicyclic) bond motifs is 1. The molecule has 1 aromatic carbocycles. The summed E-state index contributed by atoms with van der Waals surface area (Å²) in [5, 5.41) is 18.3. The molecule has 0 bridgehead atoms. The Morgan fingerprint density at radius 3 is 3.00 bits per heavy atom. The number of nitrogens with zero attached hydrogens (tertiary/aromatic N) is 3. The van der Waals surface area contributed by atoms with Crippen LogP contribution in [-0.4, -0.2) is 42.4 Å². The van der Waals surface area contributed by atoms with E-state index in [2.05, 4.69) is 16.5 Å². The van der Waals surface area contributed by atoms with Crippen molar-refractivity contribution in [2.45, 2.75) is 19.1 Å². The van der Waals surface area contributed by atoms with Crippen LogP contribution in [0.4, 0.5) is 0 Å². The largest absolute Gasteiger partial charge is 0.369 e. The quantitative estimate of drug-likeness (QED) is 0.827. The molecule has 1 saturated heterocycles. The lowest BCUT2D eigenvalue weighted by Gasteiger charge is -2.33. The maximum Gasteiger partial charge on any atom is 0.241 e. The van der Waals surface area contributed by atoms with Gasteiger partial charge in [0.1, 0.15) is 6.10 Å². The van der Waals surface area contributed by atoms with Crippen LogP contribution < -0.4 is 5.32 Å². The summed E-state index contributed by atoms with van der Waals surface area (Å²) in [5.41, 5.74) is 2.39. The number of carbonyl (C=O) groups excluding carboxylic acids is 1. The number of rotatable bonds is 1. The first kappa shape index (κ1) is 13.7. The lowest BCUT2D eigenvalue weighted by Crippen LogP contribution is -2.46. The minimum Gasteiger partial charge on any atom is -0.369 e. The Kier molecular flexibility index (Phi) is 3.69. The maximum atomic E-state index is 11.8. The van der Waals surface area contributed by atoms with Gasteiger partial charge in [-0.15, -0.1) is 0 Å². The van der Waals surface area contributed by atoms with Gasteiger partial charge in [-0.05, 0) is 0 Å². The van der Waals surface area contributed by atoms with Crippen LogP contribution in [-0.2, 0) is 9.53 Å². The fourth-order valence-electron chi connectivity index (χ4n) is 2.68. The van der Waals surface area contributed by atoms with Crippen molar-refractivity contribution in [3.63, 3.8) is 0 Å². The molecule has 2 heterocycles. The van der Waals surface area contributed by atoms with Crippen molar-refractivity contribution in [3.05, 3.63) is 35.4 Å². The van der Waals surface area contributed by atoms with Gasteiger partial charge in [0.05, 0.1) is 18.4 Å². The molecule has 0 radical (unpaired) electrons. The van der Waals surface area contributed by atoms with E-state index >= 15 is 0 Å². The summed E-state index contributed by atoms with van der Waals surface area (Å²) in [6, 6.07) is 9.04. The van der Waals surface area contributed by atoms with Gasteiger partial charge in [0.2, 0.25) is 5.91 Å². The van der Waals surface area contributed by atoms with Gasteiger partial charge in [-0.25, -0.2) is 5.01 Å². The zero-order valence-corrected chi connectivity index (χ0v) is 11.7. The van der Waals surface area contributed by atoms with Gasteiger partial charge in [0.25, 0.3) is 0 Å². The van der Waals surface area contributed by atoms with Crippen LogP contribution in [0.25, 0.3) is 0 Å². The molecule has 1 fully saturated rings. The highest BCUT2D eigenvalue weighted by Gasteiger charge is 2.34. The Morgan fingerprint density at radius 1 is 1.52 bits per heavy atom. The molecule has 0 saturated carbocycles. The Morgan fingerprint density at radius 2 is 2.33 bits per heavy atom. The number of hydrogen-bond acceptors (Lipinski definition) is 5. The highest BCUT2D eigenvalue weighted by molar-refractivity contribution is 6.06. The number of nitrogens with one attached hydrogen (secondary N) is 1. The number of hydrogen-bond donors (Lipinski definition) is 1. The second kappa shape index (κ2) is 5.64. The molecule has 1 amide bonds. The summed E-state index contributed by atoms with van der Waals surface area (Å²) in [7, 11) is 0. The van der Waals surface area contributed by atoms with Gasteiger partial charge < -0.3 is 10.1 Å². The van der Waals surface area contributed by atoms with Crippen LogP contribution in [0, 0.1) is 11.3 Å². The molecule has 2 aliphatic heterocycles. The van der Waals surface area contributed by atoms with Gasteiger partial charge in [-0.3, -0.25) is 4.79 Å². The highest BCUT2D eigenvalue weighted by atomic mass is 16.5. The average Bonchev–Trinajstić information content (AvgIpc) is 2.54. The number of hydrazone groups is 1. The van der Waals surface area contributed by atoms with E-state index < -0.39 is 6.04 Å². The minimum absolute atomic E-state index is 0.207. The van der Waals surface area contributed by atoms with Crippen LogP contribution in [0.1, 0.15) is 24.1 Å². The standard InChI is InChI=1S/C15H16N4O2/c1-10(20)19-13(8-16)11-4-2-3-5-12(11)15(18-19)14-9-17-6-7-21-14/h2-5,13-14,17H,6-7,9H2,1H3. The van der Waals surface area contributed by atoms with E-state index in [1.807, 2.05) is 24.3 Å². The number of carbonyl (C=O) groups is 1. The molecule has 6 heteroatoms. The average molecular weight is 284 g/mol. The van der Waals surface area contributed by atoms with Crippen LogP contribution in [0.3, 0.4) is 0 Å². The number of amides is 1. The molecular formula is C15H16N4O2. The molecule has 0 aromatic heterocycles. The van der Waals surface area contributed by atoms with Gasteiger partial charge in [0.15, 0.2) is 6.04 Å². The predicted octanol–water partition coefficient (Wildman–Crippen LogP) is 0.806. The molecule has 0 spiro atoms. The van der Waals surface area contributed by atoms with E-state index in [4.69, 9.17) is 4.74 Å². The SMILES string of the molecule is CC(=O)N1N=C(C2CNCCO2)c2ccccc2C1C#N. The third kappa shape index (κ3) is 2.42. The summed E-state index contributed by atoms with van der Waals surface area (Å²) < 4.78 is 5.76. The fraction of sp³-hybridized carbons (Fsp3) is 0.400. The Bertz CT molecular complexity index is 629. The highest BCUT2D eigenvalue weighted by Crippen LogP contribution is 2.30. The van der Waals surface area contributed by atoms with Gasteiger partial charge in [-0.2, -0.15) is 10.4 Å². The molecule has 3 rings (SSSR count). The number of nitriles is 1. The first-order valence-corrected chi connectivity index (χ1v) is 6.92. The molecule has 108 valence electrons. The van der Waals surface area contributed by atoms with E-state index in [1.165, 1.54) is 11.9 Å². The van der Waals surface area contributed by atoms with E-state index in [9.17, 15) is 10.1 Å². The molecule has 2 aliphatic rings. The molecular weight excluding hydrogens is 268 g/mol. The summed E-state index contributed by atoms with van der Waals surface area (Å²) >= 11 is 0. The summed E-state index contributed by atoms with van der Waals surface area (Å²) in [4.78, 5) is 11.8. The molecule has 1 N–H and O–H groups in total. The normalized spacial score (nSPS) is 24.8. The van der Waals surface area contributed by atoms with E-state index in [0.29, 0.717) is 18.9 Å². The van der Waals surface area contributed by atoms with Crippen molar-refractivity contribution >= 4 is 11.6 Å². The molecule has 6 nitrogen and oxygen atoms in total. The van der Waals surface area contributed by atoms with Crippen molar-refractivity contribution in [1.29, 1.82) is 5.26 Å². The molecule has 21 heavy (non-hydrogen) atoms. The van der Waals surface area contributed by atoms with Crippen molar-refractivity contribution in [2.75, 3.05) is 19.7 Å². The second-order valence-electron chi connectivity index (χ2n) is 5.03. The minimum atomic E-state index is -0.681. The van der Waals surface area contributed by atoms with Crippen molar-refractivity contribution in [1.82, 2.24) is 10.3 Å². The first-order chi connectivity index (χ1) is 10.2. The van der Waals surface area contributed by atoms with Crippen LogP contribution in [0.15, 0.2) is 29.4 Å². The first-order valence-electron chi connectivity index (χ1n) is 6.92. The van der Waals surface area contributed by atoms with Crippen molar-refractivity contribution in [3.8, 4) is 6.07 Å². The van der Waals surface area contributed by atoms with E-state index in [1.54, 1.807) is 0 Å². The smallest absolute Gasteiger partial charge is 0.241 e.